The molecule has 0 fully saturated rings. The maximum Gasteiger partial charge on any atom is 0.253 e. The Morgan fingerprint density at radius 1 is 1.41 bits per heavy atom. The van der Waals surface area contributed by atoms with Crippen LogP contribution in [0.15, 0.2) is 35.8 Å². The van der Waals surface area contributed by atoms with Crippen LogP contribution >= 0.6 is 11.3 Å². The van der Waals surface area contributed by atoms with Crippen LogP contribution < -0.4 is 10.6 Å². The Hall–Kier alpha value is -1.88. The summed E-state index contributed by atoms with van der Waals surface area (Å²) in [7, 11) is 1.79. The number of carbonyl (C=O) groups is 1. The first-order valence-electron chi connectivity index (χ1n) is 5.24. The van der Waals surface area contributed by atoms with Crippen molar-refractivity contribution in [3.63, 3.8) is 0 Å². The van der Waals surface area contributed by atoms with Gasteiger partial charge < -0.3 is 10.6 Å². The molecule has 2 heterocycles. The van der Waals surface area contributed by atoms with Crippen molar-refractivity contribution >= 4 is 23.1 Å². The maximum atomic E-state index is 11.8. The molecular formula is C12H13N3OS. The van der Waals surface area contributed by atoms with Gasteiger partial charge in [0.05, 0.1) is 12.1 Å². The molecule has 0 saturated carbocycles. The van der Waals surface area contributed by atoms with Gasteiger partial charge in [-0.3, -0.25) is 4.79 Å². The van der Waals surface area contributed by atoms with E-state index in [1.54, 1.807) is 36.7 Å². The van der Waals surface area contributed by atoms with Crippen LogP contribution in [0, 0.1) is 0 Å². The van der Waals surface area contributed by atoms with Crippen molar-refractivity contribution in [3.05, 3.63) is 46.3 Å². The number of nitrogens with zero attached hydrogens (tertiary/aromatic N) is 1. The molecule has 88 valence electrons. The molecule has 0 aliphatic heterocycles. The van der Waals surface area contributed by atoms with Crippen LogP contribution in [0.3, 0.4) is 0 Å². The first kappa shape index (κ1) is 11.6. The first-order chi connectivity index (χ1) is 8.29. The second-order valence-corrected chi connectivity index (χ2v) is 4.48. The molecule has 0 radical (unpaired) electrons. The predicted octanol–water partition coefficient (Wildman–Crippen LogP) is 2.11. The van der Waals surface area contributed by atoms with Gasteiger partial charge in [0.25, 0.3) is 5.91 Å². The maximum absolute atomic E-state index is 11.8. The van der Waals surface area contributed by atoms with Crippen LogP contribution in [0.1, 0.15) is 15.2 Å². The average Bonchev–Trinajstić information content (AvgIpc) is 2.89. The zero-order valence-electron chi connectivity index (χ0n) is 9.43. The van der Waals surface area contributed by atoms with Gasteiger partial charge in [0.1, 0.15) is 5.82 Å². The minimum atomic E-state index is -0.103. The lowest BCUT2D eigenvalue weighted by atomic mass is 10.2. The Kier molecular flexibility index (Phi) is 3.72. The first-order valence-corrected chi connectivity index (χ1v) is 6.12. The second-order valence-electron chi connectivity index (χ2n) is 3.44. The molecule has 0 saturated heterocycles. The largest absolute Gasteiger partial charge is 0.373 e. The molecule has 2 rings (SSSR count). The monoisotopic (exact) mass is 247 g/mol. The predicted molar refractivity (Wildman–Crippen MR) is 69.3 cm³/mol. The molecule has 0 spiro atoms. The van der Waals surface area contributed by atoms with Crippen molar-refractivity contribution in [1.29, 1.82) is 0 Å². The summed E-state index contributed by atoms with van der Waals surface area (Å²) >= 11 is 1.63. The number of rotatable bonds is 4. The molecular weight excluding hydrogens is 234 g/mol. The summed E-state index contributed by atoms with van der Waals surface area (Å²) in [6.07, 6.45) is 1.57. The molecule has 1 amide bonds. The quantitative estimate of drug-likeness (QED) is 0.870. The third-order valence-corrected chi connectivity index (χ3v) is 3.16. The fourth-order valence-electron chi connectivity index (χ4n) is 1.36. The lowest BCUT2D eigenvalue weighted by Gasteiger charge is -2.04. The number of pyridine rings is 1. The molecule has 4 nitrogen and oxygen atoms in total. The second kappa shape index (κ2) is 5.45. The van der Waals surface area contributed by atoms with Gasteiger partial charge in [-0.05, 0) is 23.6 Å². The van der Waals surface area contributed by atoms with Crippen LogP contribution in [0.25, 0.3) is 0 Å². The van der Waals surface area contributed by atoms with E-state index in [0.29, 0.717) is 12.1 Å². The number of anilines is 1. The van der Waals surface area contributed by atoms with Gasteiger partial charge in [0.2, 0.25) is 0 Å². The van der Waals surface area contributed by atoms with Crippen molar-refractivity contribution in [3.8, 4) is 0 Å². The van der Waals surface area contributed by atoms with E-state index in [9.17, 15) is 4.79 Å². The summed E-state index contributed by atoms with van der Waals surface area (Å²) in [6, 6.07) is 7.49. The van der Waals surface area contributed by atoms with E-state index in [2.05, 4.69) is 15.6 Å². The Morgan fingerprint density at radius 3 is 2.88 bits per heavy atom. The lowest BCUT2D eigenvalue weighted by molar-refractivity contribution is 0.0951. The third kappa shape index (κ3) is 3.04. The van der Waals surface area contributed by atoms with Crippen LogP contribution in [0.5, 0.6) is 0 Å². The van der Waals surface area contributed by atoms with E-state index in [1.165, 1.54) is 0 Å². The lowest BCUT2D eigenvalue weighted by Crippen LogP contribution is -2.22. The van der Waals surface area contributed by atoms with Crippen molar-refractivity contribution < 1.29 is 4.79 Å². The normalized spacial score (nSPS) is 9.94. The van der Waals surface area contributed by atoms with Gasteiger partial charge >= 0.3 is 0 Å². The average molecular weight is 247 g/mol. The van der Waals surface area contributed by atoms with E-state index >= 15 is 0 Å². The molecule has 2 aromatic heterocycles. The van der Waals surface area contributed by atoms with Crippen molar-refractivity contribution in [2.24, 2.45) is 0 Å². The van der Waals surface area contributed by atoms with Gasteiger partial charge in [-0.25, -0.2) is 4.98 Å². The molecule has 0 aliphatic carbocycles. The zero-order valence-corrected chi connectivity index (χ0v) is 10.3. The zero-order chi connectivity index (χ0) is 12.1. The molecule has 2 N–H and O–H groups in total. The number of thiophene rings is 1. The van der Waals surface area contributed by atoms with Crippen molar-refractivity contribution in [2.75, 3.05) is 12.4 Å². The minimum absolute atomic E-state index is 0.103. The van der Waals surface area contributed by atoms with Crippen LogP contribution in [0.2, 0.25) is 0 Å². The molecule has 0 aliphatic rings. The Morgan fingerprint density at radius 2 is 2.29 bits per heavy atom. The molecule has 0 aromatic carbocycles. The molecule has 0 bridgehead atoms. The highest BCUT2D eigenvalue weighted by Gasteiger charge is 2.05. The highest BCUT2D eigenvalue weighted by molar-refractivity contribution is 7.09. The summed E-state index contributed by atoms with van der Waals surface area (Å²) < 4.78 is 0. The van der Waals surface area contributed by atoms with Gasteiger partial charge in [0.15, 0.2) is 0 Å². The number of nitrogens with one attached hydrogen (secondary N) is 2. The van der Waals surface area contributed by atoms with Gasteiger partial charge in [-0.2, -0.15) is 0 Å². The molecule has 0 unspecified atom stereocenters. The van der Waals surface area contributed by atoms with E-state index in [-0.39, 0.29) is 5.91 Å². The topological polar surface area (TPSA) is 54.0 Å². The Balaban J connectivity index is 1.95. The summed E-state index contributed by atoms with van der Waals surface area (Å²) in [5.41, 5.74) is 0.570. The number of hydrogen-bond acceptors (Lipinski definition) is 4. The summed E-state index contributed by atoms with van der Waals surface area (Å²) in [6.45, 7) is 0.560. The van der Waals surface area contributed by atoms with E-state index in [0.717, 1.165) is 10.7 Å². The molecule has 0 atom stereocenters. The number of hydrogen-bond donors (Lipinski definition) is 2. The third-order valence-electron chi connectivity index (χ3n) is 2.29. The van der Waals surface area contributed by atoms with Crippen molar-refractivity contribution in [2.45, 2.75) is 6.54 Å². The van der Waals surface area contributed by atoms with Gasteiger partial charge in [-0.15, -0.1) is 11.3 Å². The Labute approximate surface area is 104 Å². The fourth-order valence-corrected chi connectivity index (χ4v) is 2.00. The smallest absolute Gasteiger partial charge is 0.253 e. The van der Waals surface area contributed by atoms with Gasteiger partial charge in [-0.1, -0.05) is 6.07 Å². The van der Waals surface area contributed by atoms with Crippen LogP contribution in [-0.4, -0.2) is 17.9 Å². The Bertz CT molecular complexity index is 479. The minimum Gasteiger partial charge on any atom is -0.373 e. The highest BCUT2D eigenvalue weighted by Crippen LogP contribution is 2.08. The van der Waals surface area contributed by atoms with Gasteiger partial charge in [0, 0.05) is 18.1 Å². The van der Waals surface area contributed by atoms with E-state index in [1.807, 2.05) is 17.5 Å². The standard InChI is InChI=1S/C12H13N3OS/c1-13-11-5-4-9(7-14-11)12(16)15-8-10-3-2-6-17-10/h2-7H,8H2,1H3,(H,13,14)(H,15,16). The summed E-state index contributed by atoms with van der Waals surface area (Å²) in [5.74, 6) is 0.647. The molecule has 5 heteroatoms. The number of amides is 1. The summed E-state index contributed by atoms with van der Waals surface area (Å²) in [4.78, 5) is 17.0. The van der Waals surface area contributed by atoms with E-state index < -0.39 is 0 Å². The van der Waals surface area contributed by atoms with Crippen LogP contribution in [-0.2, 0) is 6.54 Å². The van der Waals surface area contributed by atoms with E-state index in [4.69, 9.17) is 0 Å². The SMILES string of the molecule is CNc1ccc(C(=O)NCc2cccs2)cn1. The highest BCUT2D eigenvalue weighted by atomic mass is 32.1. The number of aromatic nitrogens is 1. The number of carbonyl (C=O) groups excluding carboxylic acids is 1. The molecule has 2 aromatic rings. The fraction of sp³-hybridized carbons (Fsp3) is 0.167. The van der Waals surface area contributed by atoms with Crippen molar-refractivity contribution in [1.82, 2.24) is 10.3 Å². The van der Waals surface area contributed by atoms with Crippen LogP contribution in [0.4, 0.5) is 5.82 Å². The summed E-state index contributed by atoms with van der Waals surface area (Å²) in [5, 5.41) is 7.75. The molecule has 17 heavy (non-hydrogen) atoms.